The SMILES string of the molecule is CC1CCC(C)N(CCC(N)c2cccc(Cl)c2Cl)C1. The van der Waals surface area contributed by atoms with Gasteiger partial charge in [0.2, 0.25) is 0 Å². The number of hydrogen-bond acceptors (Lipinski definition) is 2. The van der Waals surface area contributed by atoms with E-state index >= 15 is 0 Å². The molecule has 0 radical (unpaired) electrons. The van der Waals surface area contributed by atoms with E-state index in [1.807, 2.05) is 12.1 Å². The van der Waals surface area contributed by atoms with Crippen LogP contribution < -0.4 is 5.73 Å². The van der Waals surface area contributed by atoms with Crippen LogP contribution in [0.25, 0.3) is 0 Å². The quantitative estimate of drug-likeness (QED) is 0.886. The fourth-order valence-corrected chi connectivity index (χ4v) is 3.41. The molecule has 1 aliphatic rings. The summed E-state index contributed by atoms with van der Waals surface area (Å²) in [5, 5.41) is 1.18. The highest BCUT2D eigenvalue weighted by Gasteiger charge is 2.23. The normalized spacial score (nSPS) is 25.6. The molecule has 0 amide bonds. The zero-order valence-electron chi connectivity index (χ0n) is 12.3. The molecule has 1 fully saturated rings. The molecule has 4 heteroatoms. The van der Waals surface area contributed by atoms with Crippen molar-refractivity contribution in [2.75, 3.05) is 13.1 Å². The third-order valence-corrected chi connectivity index (χ3v) is 5.19. The van der Waals surface area contributed by atoms with E-state index in [-0.39, 0.29) is 6.04 Å². The molecule has 2 nitrogen and oxygen atoms in total. The van der Waals surface area contributed by atoms with Crippen molar-refractivity contribution in [3.8, 4) is 0 Å². The van der Waals surface area contributed by atoms with Crippen molar-refractivity contribution < 1.29 is 0 Å². The van der Waals surface area contributed by atoms with Crippen LogP contribution in [0.15, 0.2) is 18.2 Å². The Kier molecular flexibility index (Phi) is 5.74. The van der Waals surface area contributed by atoms with Crippen molar-refractivity contribution in [3.05, 3.63) is 33.8 Å². The van der Waals surface area contributed by atoms with E-state index in [2.05, 4.69) is 18.7 Å². The Morgan fingerprint density at radius 1 is 1.30 bits per heavy atom. The predicted molar refractivity (Wildman–Crippen MR) is 87.4 cm³/mol. The van der Waals surface area contributed by atoms with Crippen molar-refractivity contribution in [2.24, 2.45) is 11.7 Å². The van der Waals surface area contributed by atoms with Gasteiger partial charge in [0.15, 0.2) is 0 Å². The summed E-state index contributed by atoms with van der Waals surface area (Å²) < 4.78 is 0. The van der Waals surface area contributed by atoms with Gasteiger partial charge in [-0.05, 0) is 43.7 Å². The molecule has 0 aliphatic carbocycles. The molecule has 0 aromatic heterocycles. The van der Waals surface area contributed by atoms with Crippen molar-refractivity contribution in [1.29, 1.82) is 0 Å². The molecular formula is C16H24Cl2N2. The van der Waals surface area contributed by atoms with Gasteiger partial charge < -0.3 is 10.6 Å². The van der Waals surface area contributed by atoms with Crippen molar-refractivity contribution in [1.82, 2.24) is 4.90 Å². The lowest BCUT2D eigenvalue weighted by Gasteiger charge is -2.37. The average molecular weight is 315 g/mol. The summed E-state index contributed by atoms with van der Waals surface area (Å²) >= 11 is 12.3. The first-order valence-electron chi connectivity index (χ1n) is 7.42. The van der Waals surface area contributed by atoms with Crippen LogP contribution in [0, 0.1) is 5.92 Å². The minimum absolute atomic E-state index is 0.0503. The first-order valence-corrected chi connectivity index (χ1v) is 8.18. The van der Waals surface area contributed by atoms with Crippen LogP contribution in [-0.2, 0) is 0 Å². The molecular weight excluding hydrogens is 291 g/mol. The van der Waals surface area contributed by atoms with E-state index in [1.54, 1.807) is 6.07 Å². The van der Waals surface area contributed by atoms with Crippen LogP contribution in [-0.4, -0.2) is 24.0 Å². The third kappa shape index (κ3) is 3.88. The standard InChI is InChI=1S/C16H24Cl2N2/c1-11-6-7-12(2)20(10-11)9-8-15(19)13-4-3-5-14(17)16(13)18/h3-5,11-12,15H,6-10,19H2,1-2H3. The maximum atomic E-state index is 6.29. The highest BCUT2D eigenvalue weighted by atomic mass is 35.5. The molecule has 1 heterocycles. The van der Waals surface area contributed by atoms with Gasteiger partial charge in [-0.3, -0.25) is 0 Å². The number of hydrogen-bond donors (Lipinski definition) is 1. The van der Waals surface area contributed by atoms with Gasteiger partial charge in [0.25, 0.3) is 0 Å². The molecule has 1 aliphatic heterocycles. The summed E-state index contributed by atoms with van der Waals surface area (Å²) in [7, 11) is 0. The molecule has 1 saturated heterocycles. The average Bonchev–Trinajstić information content (AvgIpc) is 2.42. The Balaban J connectivity index is 1.94. The van der Waals surface area contributed by atoms with Crippen LogP contribution in [0.1, 0.15) is 44.7 Å². The van der Waals surface area contributed by atoms with Gasteiger partial charge in [0, 0.05) is 25.2 Å². The van der Waals surface area contributed by atoms with Gasteiger partial charge in [-0.2, -0.15) is 0 Å². The van der Waals surface area contributed by atoms with Crippen molar-refractivity contribution in [3.63, 3.8) is 0 Å². The monoisotopic (exact) mass is 314 g/mol. The lowest BCUT2D eigenvalue weighted by Crippen LogP contribution is -2.42. The van der Waals surface area contributed by atoms with Gasteiger partial charge in [-0.25, -0.2) is 0 Å². The van der Waals surface area contributed by atoms with Gasteiger partial charge >= 0.3 is 0 Å². The summed E-state index contributed by atoms with van der Waals surface area (Å²) in [4.78, 5) is 2.55. The van der Waals surface area contributed by atoms with Gasteiger partial charge in [0.05, 0.1) is 10.0 Å². The van der Waals surface area contributed by atoms with E-state index in [0.29, 0.717) is 16.1 Å². The lowest BCUT2D eigenvalue weighted by molar-refractivity contribution is 0.121. The number of likely N-dealkylation sites (tertiary alicyclic amines) is 1. The maximum absolute atomic E-state index is 6.29. The van der Waals surface area contributed by atoms with Gasteiger partial charge in [-0.15, -0.1) is 0 Å². The Morgan fingerprint density at radius 2 is 2.05 bits per heavy atom. The smallest absolute Gasteiger partial charge is 0.0640 e. The van der Waals surface area contributed by atoms with E-state index in [9.17, 15) is 0 Å². The van der Waals surface area contributed by atoms with Crippen LogP contribution in [0.4, 0.5) is 0 Å². The first kappa shape index (κ1) is 16.1. The summed E-state index contributed by atoms with van der Waals surface area (Å²) in [5.41, 5.74) is 7.25. The first-order chi connectivity index (χ1) is 9.49. The second kappa shape index (κ2) is 7.13. The zero-order valence-corrected chi connectivity index (χ0v) is 13.8. The largest absolute Gasteiger partial charge is 0.324 e. The molecule has 2 N–H and O–H groups in total. The summed E-state index contributed by atoms with van der Waals surface area (Å²) in [6.07, 6.45) is 3.54. The fourth-order valence-electron chi connectivity index (χ4n) is 2.96. The molecule has 0 saturated carbocycles. The number of nitrogens with two attached hydrogens (primary N) is 1. The molecule has 112 valence electrons. The number of benzene rings is 1. The maximum Gasteiger partial charge on any atom is 0.0640 e. The van der Waals surface area contributed by atoms with E-state index in [4.69, 9.17) is 28.9 Å². The fraction of sp³-hybridized carbons (Fsp3) is 0.625. The van der Waals surface area contributed by atoms with Crippen LogP contribution in [0.3, 0.4) is 0 Å². The van der Waals surface area contributed by atoms with Gasteiger partial charge in [-0.1, -0.05) is 42.3 Å². The number of piperidine rings is 1. The number of rotatable bonds is 4. The van der Waals surface area contributed by atoms with Crippen LogP contribution >= 0.6 is 23.2 Å². The molecule has 20 heavy (non-hydrogen) atoms. The van der Waals surface area contributed by atoms with E-state index in [0.717, 1.165) is 24.4 Å². The van der Waals surface area contributed by atoms with E-state index in [1.165, 1.54) is 19.4 Å². The summed E-state index contributed by atoms with van der Waals surface area (Å²) in [5.74, 6) is 0.789. The Bertz CT molecular complexity index is 450. The molecule has 0 spiro atoms. The third-order valence-electron chi connectivity index (χ3n) is 4.36. The van der Waals surface area contributed by atoms with E-state index < -0.39 is 0 Å². The predicted octanol–water partition coefficient (Wildman–Crippen LogP) is 4.50. The van der Waals surface area contributed by atoms with Crippen LogP contribution in [0.5, 0.6) is 0 Å². The Morgan fingerprint density at radius 3 is 2.80 bits per heavy atom. The zero-order chi connectivity index (χ0) is 14.7. The number of halogens is 2. The minimum Gasteiger partial charge on any atom is -0.324 e. The Hall–Kier alpha value is -0.280. The second-order valence-electron chi connectivity index (χ2n) is 6.06. The minimum atomic E-state index is -0.0503. The Labute approximate surface area is 132 Å². The number of nitrogens with zero attached hydrogens (tertiary/aromatic N) is 1. The highest BCUT2D eigenvalue weighted by molar-refractivity contribution is 6.42. The second-order valence-corrected chi connectivity index (χ2v) is 6.85. The molecule has 0 bridgehead atoms. The topological polar surface area (TPSA) is 29.3 Å². The summed E-state index contributed by atoms with van der Waals surface area (Å²) in [6, 6.07) is 6.30. The highest BCUT2D eigenvalue weighted by Crippen LogP contribution is 2.31. The molecule has 3 unspecified atom stereocenters. The lowest BCUT2D eigenvalue weighted by atomic mass is 9.94. The van der Waals surface area contributed by atoms with Gasteiger partial charge in [0.1, 0.15) is 0 Å². The van der Waals surface area contributed by atoms with Crippen LogP contribution in [0.2, 0.25) is 10.0 Å². The molecule has 1 aromatic carbocycles. The summed E-state index contributed by atoms with van der Waals surface area (Å²) in [6.45, 7) is 6.84. The molecule has 2 rings (SSSR count). The van der Waals surface area contributed by atoms with Crippen molar-refractivity contribution >= 4 is 23.2 Å². The molecule has 1 aromatic rings. The van der Waals surface area contributed by atoms with Crippen molar-refractivity contribution in [2.45, 2.75) is 45.2 Å². The molecule has 3 atom stereocenters.